The zero-order valence-electron chi connectivity index (χ0n) is 14.8. The van der Waals surface area contributed by atoms with E-state index in [9.17, 15) is 0 Å². The smallest absolute Gasteiger partial charge is 0.179 e. The number of nitriles is 1. The number of imidazole rings is 1. The summed E-state index contributed by atoms with van der Waals surface area (Å²) in [6.07, 6.45) is 10.9. The normalized spacial score (nSPS) is 16.7. The molecule has 0 bridgehead atoms. The third kappa shape index (κ3) is 2.90. The number of ether oxygens (including phenoxy) is 1. The molecule has 0 N–H and O–H groups in total. The van der Waals surface area contributed by atoms with Gasteiger partial charge in [0.25, 0.3) is 0 Å². The predicted octanol–water partition coefficient (Wildman–Crippen LogP) is 2.69. The van der Waals surface area contributed by atoms with Crippen molar-refractivity contribution in [3.05, 3.63) is 43.1 Å². The van der Waals surface area contributed by atoms with E-state index >= 15 is 0 Å². The van der Waals surface area contributed by atoms with Crippen LogP contribution in [-0.4, -0.2) is 44.4 Å². The van der Waals surface area contributed by atoms with Gasteiger partial charge in [0, 0.05) is 49.2 Å². The Balaban J connectivity index is 1.62. The zero-order chi connectivity index (χ0) is 18.1. The maximum atomic E-state index is 9.02. The first-order valence-electron chi connectivity index (χ1n) is 8.53. The van der Waals surface area contributed by atoms with Crippen molar-refractivity contribution in [2.45, 2.75) is 12.5 Å². The first-order chi connectivity index (χ1) is 12.7. The van der Waals surface area contributed by atoms with Gasteiger partial charge in [-0.25, -0.2) is 4.98 Å². The molecule has 0 radical (unpaired) electrons. The summed E-state index contributed by atoms with van der Waals surface area (Å²) in [5.74, 6) is 0.793. The lowest BCUT2D eigenvalue weighted by atomic mass is 10.0. The summed E-state index contributed by atoms with van der Waals surface area (Å²) in [4.78, 5) is 6.34. The largest absolute Gasteiger partial charge is 0.496 e. The molecule has 0 saturated carbocycles. The van der Waals surface area contributed by atoms with Crippen LogP contribution in [0.2, 0.25) is 0 Å². The number of hydrogen-bond donors (Lipinski definition) is 0. The second-order valence-corrected chi connectivity index (χ2v) is 6.51. The Morgan fingerprint density at radius 2 is 2.15 bits per heavy atom. The number of rotatable bonds is 4. The Morgan fingerprint density at radius 3 is 2.85 bits per heavy atom. The molecule has 3 heterocycles. The SMILES string of the molecule is COc1cc(-c2cn([C@@H]3CCN(C#N)C3)cn2)ccc1-c1cnn(C)c1. The molecular weight excluding hydrogens is 328 g/mol. The molecular formula is C19H20N6O. The van der Waals surface area contributed by atoms with E-state index in [4.69, 9.17) is 10.00 Å². The lowest BCUT2D eigenvalue weighted by molar-refractivity contribution is 0.416. The first-order valence-corrected chi connectivity index (χ1v) is 8.53. The van der Waals surface area contributed by atoms with E-state index in [1.165, 1.54) is 0 Å². The maximum Gasteiger partial charge on any atom is 0.179 e. The van der Waals surface area contributed by atoms with Crippen molar-refractivity contribution in [1.82, 2.24) is 24.2 Å². The quantitative estimate of drug-likeness (QED) is 0.678. The Hall–Kier alpha value is -3.27. The highest BCUT2D eigenvalue weighted by Crippen LogP contribution is 2.34. The van der Waals surface area contributed by atoms with Crippen molar-refractivity contribution in [3.63, 3.8) is 0 Å². The van der Waals surface area contributed by atoms with Crippen LogP contribution in [0.15, 0.2) is 43.1 Å². The van der Waals surface area contributed by atoms with E-state index in [0.717, 1.165) is 47.6 Å². The van der Waals surface area contributed by atoms with Crippen LogP contribution in [0.25, 0.3) is 22.4 Å². The monoisotopic (exact) mass is 348 g/mol. The number of likely N-dealkylation sites (tertiary alicyclic amines) is 1. The molecule has 1 aromatic carbocycles. The predicted molar refractivity (Wildman–Crippen MR) is 97.3 cm³/mol. The molecule has 1 fully saturated rings. The van der Waals surface area contributed by atoms with Crippen molar-refractivity contribution < 1.29 is 4.74 Å². The number of aromatic nitrogens is 4. The van der Waals surface area contributed by atoms with E-state index in [-0.39, 0.29) is 0 Å². The molecule has 132 valence electrons. The Morgan fingerprint density at radius 1 is 1.27 bits per heavy atom. The standard InChI is InChI=1S/C19H20N6O/c1-23-9-15(8-22-23)17-4-3-14(7-19(17)26-2)18-11-25(13-21-18)16-5-6-24(10-16)12-20/h3-4,7-9,11,13,16H,5-6,10H2,1-2H3/t16-/m1/s1. The Kier molecular flexibility index (Phi) is 4.09. The summed E-state index contributed by atoms with van der Waals surface area (Å²) >= 11 is 0. The molecule has 1 saturated heterocycles. The average Bonchev–Trinajstić information content (AvgIpc) is 3.40. The molecule has 26 heavy (non-hydrogen) atoms. The molecule has 0 spiro atoms. The fourth-order valence-corrected chi connectivity index (χ4v) is 3.41. The van der Waals surface area contributed by atoms with Gasteiger partial charge in [-0.05, 0) is 18.6 Å². The van der Waals surface area contributed by atoms with Crippen LogP contribution in [0.4, 0.5) is 0 Å². The van der Waals surface area contributed by atoms with E-state index in [1.807, 2.05) is 50.2 Å². The summed E-state index contributed by atoms with van der Waals surface area (Å²) in [6.45, 7) is 1.55. The van der Waals surface area contributed by atoms with Gasteiger partial charge >= 0.3 is 0 Å². The Bertz CT molecular complexity index is 967. The van der Waals surface area contributed by atoms with Crippen molar-refractivity contribution in [2.75, 3.05) is 20.2 Å². The third-order valence-corrected chi connectivity index (χ3v) is 4.84. The van der Waals surface area contributed by atoms with Gasteiger partial charge in [-0.1, -0.05) is 6.07 Å². The van der Waals surface area contributed by atoms with Gasteiger partial charge in [0.15, 0.2) is 6.19 Å². The van der Waals surface area contributed by atoms with Crippen LogP contribution >= 0.6 is 0 Å². The number of benzene rings is 1. The molecule has 0 amide bonds. The maximum absolute atomic E-state index is 9.02. The Labute approximate surface area is 152 Å². The number of methoxy groups -OCH3 is 1. The van der Waals surface area contributed by atoms with Crippen LogP contribution in [-0.2, 0) is 7.05 Å². The average molecular weight is 348 g/mol. The summed E-state index contributed by atoms with van der Waals surface area (Å²) in [6, 6.07) is 6.39. The molecule has 7 nitrogen and oxygen atoms in total. The zero-order valence-corrected chi connectivity index (χ0v) is 14.8. The van der Waals surface area contributed by atoms with Gasteiger partial charge in [0.2, 0.25) is 0 Å². The van der Waals surface area contributed by atoms with Crippen molar-refractivity contribution in [3.8, 4) is 34.3 Å². The third-order valence-electron chi connectivity index (χ3n) is 4.84. The molecule has 1 aliphatic heterocycles. The van der Waals surface area contributed by atoms with E-state index in [1.54, 1.807) is 16.7 Å². The lowest BCUT2D eigenvalue weighted by Gasteiger charge is -2.11. The molecule has 7 heteroatoms. The summed E-state index contributed by atoms with van der Waals surface area (Å²) in [5, 5.41) is 13.3. The fraction of sp³-hybridized carbons (Fsp3) is 0.316. The van der Waals surface area contributed by atoms with E-state index in [2.05, 4.69) is 20.8 Å². The van der Waals surface area contributed by atoms with Crippen LogP contribution in [0.5, 0.6) is 5.75 Å². The summed E-state index contributed by atoms with van der Waals surface area (Å²) in [5.41, 5.74) is 3.92. The lowest BCUT2D eigenvalue weighted by Crippen LogP contribution is -2.15. The van der Waals surface area contributed by atoms with Gasteiger partial charge in [-0.3, -0.25) is 4.68 Å². The molecule has 0 unspecified atom stereocenters. The van der Waals surface area contributed by atoms with Gasteiger partial charge in [0.05, 0.1) is 31.4 Å². The molecule has 2 aromatic heterocycles. The number of nitrogens with zero attached hydrogens (tertiary/aromatic N) is 6. The molecule has 3 aromatic rings. The summed E-state index contributed by atoms with van der Waals surface area (Å²) in [7, 11) is 3.57. The van der Waals surface area contributed by atoms with E-state index < -0.39 is 0 Å². The summed E-state index contributed by atoms with van der Waals surface area (Å²) < 4.78 is 9.47. The van der Waals surface area contributed by atoms with Gasteiger partial charge < -0.3 is 14.2 Å². The highest BCUT2D eigenvalue weighted by molar-refractivity contribution is 5.74. The van der Waals surface area contributed by atoms with Crippen molar-refractivity contribution in [1.29, 1.82) is 5.26 Å². The van der Waals surface area contributed by atoms with E-state index in [0.29, 0.717) is 6.04 Å². The molecule has 0 aliphatic carbocycles. The highest BCUT2D eigenvalue weighted by atomic mass is 16.5. The second kappa shape index (κ2) is 6.56. The van der Waals surface area contributed by atoms with Crippen molar-refractivity contribution in [2.24, 2.45) is 7.05 Å². The van der Waals surface area contributed by atoms with Crippen LogP contribution in [0, 0.1) is 11.5 Å². The molecule has 4 rings (SSSR count). The molecule has 1 aliphatic rings. The van der Waals surface area contributed by atoms with Gasteiger partial charge in [-0.2, -0.15) is 10.4 Å². The minimum Gasteiger partial charge on any atom is -0.496 e. The molecule has 1 atom stereocenters. The topological polar surface area (TPSA) is 71.9 Å². The van der Waals surface area contributed by atoms with Crippen LogP contribution < -0.4 is 4.74 Å². The minimum absolute atomic E-state index is 0.299. The van der Waals surface area contributed by atoms with Crippen LogP contribution in [0.1, 0.15) is 12.5 Å². The first kappa shape index (κ1) is 16.2. The van der Waals surface area contributed by atoms with Gasteiger partial charge in [0.1, 0.15) is 5.75 Å². The van der Waals surface area contributed by atoms with Gasteiger partial charge in [-0.15, -0.1) is 0 Å². The number of aryl methyl sites for hydroxylation is 1. The van der Waals surface area contributed by atoms with Crippen LogP contribution in [0.3, 0.4) is 0 Å². The highest BCUT2D eigenvalue weighted by Gasteiger charge is 2.23. The fourth-order valence-electron chi connectivity index (χ4n) is 3.41. The minimum atomic E-state index is 0.299. The second-order valence-electron chi connectivity index (χ2n) is 6.51. The number of hydrogen-bond acceptors (Lipinski definition) is 5. The van der Waals surface area contributed by atoms with Crippen molar-refractivity contribution >= 4 is 0 Å².